The van der Waals surface area contributed by atoms with Crippen molar-refractivity contribution in [1.82, 2.24) is 9.97 Å². The van der Waals surface area contributed by atoms with Crippen molar-refractivity contribution in [1.29, 1.82) is 0 Å². The van der Waals surface area contributed by atoms with Gasteiger partial charge in [-0.25, -0.2) is 14.4 Å². The Labute approximate surface area is 126 Å². The topological polar surface area (TPSA) is 93.0 Å². The number of aromatic nitrogens is 2. The lowest BCUT2D eigenvalue weighted by atomic mass is 10.2. The third-order valence-electron chi connectivity index (χ3n) is 2.79. The smallest absolute Gasteiger partial charge is 0.353 e. The first kappa shape index (κ1) is 15.4. The second-order valence-corrected chi connectivity index (χ2v) is 4.33. The van der Waals surface area contributed by atoms with Crippen LogP contribution in [0.5, 0.6) is 0 Å². The summed E-state index contributed by atoms with van der Waals surface area (Å²) in [5.74, 6) is -0.134. The molecule has 114 valence electrons. The molecule has 0 aliphatic heterocycles. The molecule has 0 atom stereocenters. The van der Waals surface area contributed by atoms with Crippen LogP contribution in [-0.4, -0.2) is 21.4 Å². The molecule has 7 nitrogen and oxygen atoms in total. The lowest BCUT2D eigenvalue weighted by molar-refractivity contribution is -0.383. The van der Waals surface area contributed by atoms with E-state index in [2.05, 4.69) is 27.2 Å². The zero-order valence-corrected chi connectivity index (χ0v) is 11.6. The maximum absolute atomic E-state index is 12.8. The second kappa shape index (κ2) is 7.11. The van der Waals surface area contributed by atoms with Crippen LogP contribution in [0.1, 0.15) is 5.56 Å². The minimum Gasteiger partial charge on any atom is -0.361 e. The quantitative estimate of drug-likeness (QED) is 0.464. The molecule has 0 amide bonds. The van der Waals surface area contributed by atoms with Crippen LogP contribution in [0, 0.1) is 15.9 Å². The van der Waals surface area contributed by atoms with Gasteiger partial charge < -0.3 is 10.6 Å². The summed E-state index contributed by atoms with van der Waals surface area (Å²) >= 11 is 0. The maximum Gasteiger partial charge on any atom is 0.353 e. The first-order valence-electron chi connectivity index (χ1n) is 6.44. The molecule has 2 aromatic rings. The van der Waals surface area contributed by atoms with E-state index in [9.17, 15) is 14.5 Å². The molecule has 0 aliphatic rings. The third-order valence-corrected chi connectivity index (χ3v) is 2.79. The van der Waals surface area contributed by atoms with E-state index in [0.717, 1.165) is 5.56 Å². The highest BCUT2D eigenvalue weighted by atomic mass is 19.1. The first-order valence-corrected chi connectivity index (χ1v) is 6.44. The van der Waals surface area contributed by atoms with Gasteiger partial charge in [-0.15, -0.1) is 6.58 Å². The van der Waals surface area contributed by atoms with E-state index in [1.807, 2.05) is 0 Å². The van der Waals surface area contributed by atoms with Gasteiger partial charge in [0.25, 0.3) is 0 Å². The van der Waals surface area contributed by atoms with Crippen LogP contribution in [0.2, 0.25) is 0 Å². The van der Waals surface area contributed by atoms with Crippen LogP contribution < -0.4 is 10.6 Å². The summed E-state index contributed by atoms with van der Waals surface area (Å²) in [6, 6.07) is 5.82. The summed E-state index contributed by atoms with van der Waals surface area (Å²) in [5, 5.41) is 16.9. The second-order valence-electron chi connectivity index (χ2n) is 4.33. The van der Waals surface area contributed by atoms with E-state index in [0.29, 0.717) is 6.54 Å². The lowest BCUT2D eigenvalue weighted by Gasteiger charge is -2.09. The maximum atomic E-state index is 12.8. The fourth-order valence-corrected chi connectivity index (χ4v) is 1.77. The normalized spacial score (nSPS) is 10.0. The largest absolute Gasteiger partial charge is 0.361 e. The van der Waals surface area contributed by atoms with Gasteiger partial charge in [-0.05, 0) is 17.7 Å². The number of hydrogen-bond acceptors (Lipinski definition) is 6. The summed E-state index contributed by atoms with van der Waals surface area (Å²) in [5.41, 5.74) is 0.529. The van der Waals surface area contributed by atoms with Gasteiger partial charge in [0.1, 0.15) is 12.1 Å². The molecule has 0 bridgehead atoms. The summed E-state index contributed by atoms with van der Waals surface area (Å²) in [4.78, 5) is 18.4. The zero-order chi connectivity index (χ0) is 15.9. The first-order chi connectivity index (χ1) is 10.6. The Morgan fingerprint density at radius 3 is 2.45 bits per heavy atom. The van der Waals surface area contributed by atoms with Crippen LogP contribution in [0.25, 0.3) is 0 Å². The predicted molar refractivity (Wildman–Crippen MR) is 81.1 cm³/mol. The molecular weight excluding hydrogens is 289 g/mol. The van der Waals surface area contributed by atoms with Crippen molar-refractivity contribution in [2.45, 2.75) is 6.54 Å². The highest BCUT2D eigenvalue weighted by molar-refractivity contribution is 5.69. The number of nitrogens with zero attached hydrogens (tertiary/aromatic N) is 3. The van der Waals surface area contributed by atoms with Crippen molar-refractivity contribution in [2.75, 3.05) is 17.2 Å². The van der Waals surface area contributed by atoms with Crippen LogP contribution in [-0.2, 0) is 6.54 Å². The molecule has 0 fully saturated rings. The van der Waals surface area contributed by atoms with Gasteiger partial charge in [-0.2, -0.15) is 0 Å². The van der Waals surface area contributed by atoms with Gasteiger partial charge in [0.05, 0.1) is 4.92 Å². The summed E-state index contributed by atoms with van der Waals surface area (Å²) in [7, 11) is 0. The molecule has 2 rings (SSSR count). The number of nitro groups is 1. The standard InChI is InChI=1S/C14H14FN5O2/c1-2-7-16-13-12(20(21)22)14(19-9-18-13)17-8-10-3-5-11(15)6-4-10/h2-6,9H,1,7-8H2,(H2,16,17,18,19). The van der Waals surface area contributed by atoms with Crippen molar-refractivity contribution in [3.8, 4) is 0 Å². The fourth-order valence-electron chi connectivity index (χ4n) is 1.77. The van der Waals surface area contributed by atoms with E-state index < -0.39 is 4.92 Å². The van der Waals surface area contributed by atoms with Crippen LogP contribution in [0.3, 0.4) is 0 Å². The average molecular weight is 303 g/mol. The Morgan fingerprint density at radius 1 is 1.23 bits per heavy atom. The van der Waals surface area contributed by atoms with Gasteiger partial charge in [-0.1, -0.05) is 18.2 Å². The molecule has 1 aromatic heterocycles. The number of hydrogen-bond donors (Lipinski definition) is 2. The van der Waals surface area contributed by atoms with E-state index in [-0.39, 0.29) is 29.7 Å². The minimum absolute atomic E-state index is 0.0934. The van der Waals surface area contributed by atoms with Gasteiger partial charge in [0.15, 0.2) is 0 Å². The number of rotatable bonds is 7. The average Bonchev–Trinajstić information content (AvgIpc) is 2.52. The predicted octanol–water partition coefficient (Wildman–Crippen LogP) is 2.73. The van der Waals surface area contributed by atoms with E-state index in [4.69, 9.17) is 0 Å². The van der Waals surface area contributed by atoms with Gasteiger partial charge in [-0.3, -0.25) is 10.1 Å². The van der Waals surface area contributed by atoms with E-state index in [1.165, 1.54) is 18.5 Å². The number of nitrogens with one attached hydrogen (secondary N) is 2. The van der Waals surface area contributed by atoms with Crippen LogP contribution >= 0.6 is 0 Å². The third kappa shape index (κ3) is 3.75. The lowest BCUT2D eigenvalue weighted by Crippen LogP contribution is -2.10. The van der Waals surface area contributed by atoms with Crippen LogP contribution in [0.15, 0.2) is 43.2 Å². The number of anilines is 2. The Bertz CT molecular complexity index is 675. The Hall–Kier alpha value is -3.03. The SMILES string of the molecule is C=CCNc1ncnc(NCc2ccc(F)cc2)c1[N+](=O)[O-]. The molecule has 1 heterocycles. The van der Waals surface area contributed by atoms with E-state index in [1.54, 1.807) is 18.2 Å². The fraction of sp³-hybridized carbons (Fsp3) is 0.143. The Morgan fingerprint density at radius 2 is 1.86 bits per heavy atom. The van der Waals surface area contributed by atoms with Crippen molar-refractivity contribution < 1.29 is 9.31 Å². The van der Waals surface area contributed by atoms with E-state index >= 15 is 0 Å². The molecule has 1 aromatic carbocycles. The molecule has 0 spiro atoms. The van der Waals surface area contributed by atoms with Crippen molar-refractivity contribution in [3.05, 3.63) is 64.7 Å². The van der Waals surface area contributed by atoms with Gasteiger partial charge >= 0.3 is 5.69 Å². The molecular formula is C14H14FN5O2. The molecule has 22 heavy (non-hydrogen) atoms. The number of benzene rings is 1. The monoisotopic (exact) mass is 303 g/mol. The van der Waals surface area contributed by atoms with Crippen molar-refractivity contribution in [2.24, 2.45) is 0 Å². The van der Waals surface area contributed by atoms with Crippen molar-refractivity contribution >= 4 is 17.3 Å². The molecule has 0 aliphatic carbocycles. The highest BCUT2D eigenvalue weighted by Gasteiger charge is 2.22. The van der Waals surface area contributed by atoms with Gasteiger partial charge in [0, 0.05) is 13.1 Å². The zero-order valence-electron chi connectivity index (χ0n) is 11.6. The Kier molecular flexibility index (Phi) is 4.97. The van der Waals surface area contributed by atoms with Crippen molar-refractivity contribution in [3.63, 3.8) is 0 Å². The highest BCUT2D eigenvalue weighted by Crippen LogP contribution is 2.28. The molecule has 0 saturated carbocycles. The molecule has 2 N–H and O–H groups in total. The molecule has 8 heteroatoms. The molecule has 0 radical (unpaired) electrons. The minimum atomic E-state index is -0.557. The molecule has 0 unspecified atom stereocenters. The van der Waals surface area contributed by atoms with Gasteiger partial charge in [0.2, 0.25) is 11.6 Å². The Balaban J connectivity index is 2.20. The summed E-state index contributed by atoms with van der Waals surface area (Å²) in [6.07, 6.45) is 2.79. The summed E-state index contributed by atoms with van der Waals surface area (Å²) in [6.45, 7) is 4.15. The number of halogens is 1. The summed E-state index contributed by atoms with van der Waals surface area (Å²) < 4.78 is 12.8. The van der Waals surface area contributed by atoms with Crippen LogP contribution in [0.4, 0.5) is 21.7 Å². The molecule has 0 saturated heterocycles.